The number of fused-ring (bicyclic) bond motifs is 3. The van der Waals surface area contributed by atoms with E-state index < -0.39 is 0 Å². The highest BCUT2D eigenvalue weighted by Crippen LogP contribution is 2.65. The van der Waals surface area contributed by atoms with Gasteiger partial charge in [0, 0.05) is 29.9 Å². The average molecular weight is 338 g/mol. The molecule has 1 aliphatic carbocycles. The summed E-state index contributed by atoms with van der Waals surface area (Å²) in [5.74, 6) is -0.0696. The second kappa shape index (κ2) is 4.27. The molecule has 2 spiro atoms. The van der Waals surface area contributed by atoms with Gasteiger partial charge >= 0.3 is 5.97 Å². The maximum absolute atomic E-state index is 12.9. The fraction of sp³-hybridized carbons (Fsp3) is 0.550. The van der Waals surface area contributed by atoms with Crippen molar-refractivity contribution in [1.29, 1.82) is 0 Å². The van der Waals surface area contributed by atoms with E-state index in [0.717, 1.165) is 42.9 Å². The molecular formula is C20H22N2O3. The van der Waals surface area contributed by atoms with E-state index in [9.17, 15) is 4.79 Å². The molecule has 3 saturated heterocycles. The molecule has 5 atom stereocenters. The van der Waals surface area contributed by atoms with Crippen LogP contribution >= 0.6 is 0 Å². The maximum Gasteiger partial charge on any atom is 0.335 e. The molecule has 25 heavy (non-hydrogen) atoms. The van der Waals surface area contributed by atoms with Crippen molar-refractivity contribution >= 4 is 11.7 Å². The van der Waals surface area contributed by atoms with Crippen LogP contribution in [0, 0.1) is 5.92 Å². The number of nitrogens with zero attached hydrogens (tertiary/aromatic N) is 1. The van der Waals surface area contributed by atoms with Gasteiger partial charge in [0.15, 0.2) is 0 Å². The molecule has 0 saturated carbocycles. The molecule has 6 rings (SSSR count). The second-order valence-corrected chi connectivity index (χ2v) is 8.16. The van der Waals surface area contributed by atoms with Gasteiger partial charge in [-0.1, -0.05) is 18.2 Å². The number of anilines is 1. The van der Waals surface area contributed by atoms with Crippen LogP contribution in [0.4, 0.5) is 5.69 Å². The molecule has 1 aromatic carbocycles. The fourth-order valence-corrected chi connectivity index (χ4v) is 6.34. The lowest BCUT2D eigenvalue weighted by Crippen LogP contribution is -2.59. The Hall–Kier alpha value is -1.85. The first kappa shape index (κ1) is 14.3. The normalized spacial score (nSPS) is 42.9. The van der Waals surface area contributed by atoms with Gasteiger partial charge in [0.05, 0.1) is 24.2 Å². The lowest BCUT2D eigenvalue weighted by Gasteiger charge is -2.50. The zero-order valence-electron chi connectivity index (χ0n) is 14.5. The fourth-order valence-electron chi connectivity index (χ4n) is 6.34. The molecule has 1 N–H and O–H groups in total. The topological polar surface area (TPSA) is 54.1 Å². The van der Waals surface area contributed by atoms with E-state index >= 15 is 0 Å². The molecule has 0 unspecified atom stereocenters. The number of rotatable bonds is 1. The van der Waals surface area contributed by atoms with Crippen molar-refractivity contribution < 1.29 is 14.3 Å². The van der Waals surface area contributed by atoms with E-state index in [1.807, 2.05) is 0 Å². The van der Waals surface area contributed by atoms with Crippen LogP contribution < -0.4 is 5.32 Å². The Kier molecular flexibility index (Phi) is 2.45. The summed E-state index contributed by atoms with van der Waals surface area (Å²) in [7, 11) is 1.49. The van der Waals surface area contributed by atoms with E-state index in [1.54, 1.807) is 0 Å². The molecule has 5 aliphatic rings. The van der Waals surface area contributed by atoms with E-state index in [-0.39, 0.29) is 29.0 Å². The molecule has 2 bridgehead atoms. The van der Waals surface area contributed by atoms with Crippen molar-refractivity contribution in [2.75, 3.05) is 25.5 Å². The lowest BCUT2D eigenvalue weighted by molar-refractivity contribution is -0.138. The number of carbonyl (C=O) groups is 1. The standard InChI is InChI=1S/C20H22N2O3/c1-11-20(25-11)10-22-8-7-19-12-5-3-4-6-14(12)21-17(19)16(18(23)24-2)13(20)9-15(19)22/h3-6,11,13,15,21H,7-10H2,1-2H3/t11-,13+,15-,19+,20+/m0/s1. The Morgan fingerprint density at radius 3 is 2.96 bits per heavy atom. The highest BCUT2D eigenvalue weighted by atomic mass is 16.6. The molecule has 1 aromatic rings. The highest BCUT2D eigenvalue weighted by molar-refractivity contribution is 5.94. The number of hydrogen-bond acceptors (Lipinski definition) is 5. The van der Waals surface area contributed by atoms with Gasteiger partial charge in [0.1, 0.15) is 5.60 Å². The number of hydrogen-bond donors (Lipinski definition) is 1. The summed E-state index contributed by atoms with van der Waals surface area (Å²) in [6, 6.07) is 8.97. The van der Waals surface area contributed by atoms with Crippen LogP contribution in [0.5, 0.6) is 0 Å². The van der Waals surface area contributed by atoms with E-state index in [1.165, 1.54) is 12.7 Å². The number of ether oxygens (including phenoxy) is 2. The first-order valence-corrected chi connectivity index (χ1v) is 9.23. The van der Waals surface area contributed by atoms with Gasteiger partial charge in [-0.05, 0) is 37.9 Å². The molecular weight excluding hydrogens is 316 g/mol. The van der Waals surface area contributed by atoms with Gasteiger partial charge in [0.25, 0.3) is 0 Å². The van der Waals surface area contributed by atoms with Gasteiger partial charge in [0.2, 0.25) is 0 Å². The Bertz CT molecular complexity index is 849. The van der Waals surface area contributed by atoms with Gasteiger partial charge in [-0.2, -0.15) is 0 Å². The summed E-state index contributed by atoms with van der Waals surface area (Å²) >= 11 is 0. The van der Waals surface area contributed by atoms with Crippen LogP contribution in [0.3, 0.4) is 0 Å². The Balaban J connectivity index is 1.65. The van der Waals surface area contributed by atoms with Crippen LogP contribution in [0.1, 0.15) is 25.3 Å². The average Bonchev–Trinajstić information content (AvgIpc) is 2.98. The smallest absolute Gasteiger partial charge is 0.335 e. The van der Waals surface area contributed by atoms with Gasteiger partial charge < -0.3 is 14.8 Å². The van der Waals surface area contributed by atoms with Gasteiger partial charge in [-0.25, -0.2) is 4.79 Å². The van der Waals surface area contributed by atoms with Crippen LogP contribution in [0.2, 0.25) is 0 Å². The molecule has 0 radical (unpaired) electrons. The summed E-state index contributed by atoms with van der Waals surface area (Å²) in [5, 5.41) is 3.63. The number of para-hydroxylation sites is 1. The van der Waals surface area contributed by atoms with Crippen LogP contribution in [0.25, 0.3) is 0 Å². The maximum atomic E-state index is 12.9. The minimum atomic E-state index is -0.208. The summed E-state index contributed by atoms with van der Waals surface area (Å²) < 4.78 is 11.4. The van der Waals surface area contributed by atoms with Gasteiger partial charge in [-0.15, -0.1) is 0 Å². The van der Waals surface area contributed by atoms with Crippen molar-refractivity contribution in [3.05, 3.63) is 41.1 Å². The molecule has 4 heterocycles. The van der Waals surface area contributed by atoms with E-state index in [0.29, 0.717) is 6.04 Å². The van der Waals surface area contributed by atoms with Crippen LogP contribution in [-0.2, 0) is 19.7 Å². The van der Waals surface area contributed by atoms with Crippen molar-refractivity contribution in [1.82, 2.24) is 4.90 Å². The lowest BCUT2D eigenvalue weighted by atomic mass is 9.60. The van der Waals surface area contributed by atoms with Gasteiger partial charge in [-0.3, -0.25) is 4.90 Å². The van der Waals surface area contributed by atoms with Crippen molar-refractivity contribution in [3.8, 4) is 0 Å². The number of esters is 1. The third kappa shape index (κ3) is 1.44. The highest BCUT2D eigenvalue weighted by Gasteiger charge is 2.72. The van der Waals surface area contributed by atoms with Crippen LogP contribution in [0.15, 0.2) is 35.5 Å². The zero-order valence-corrected chi connectivity index (χ0v) is 14.5. The quantitative estimate of drug-likeness (QED) is 0.627. The monoisotopic (exact) mass is 338 g/mol. The minimum Gasteiger partial charge on any atom is -0.466 e. The number of carbonyl (C=O) groups excluding carboxylic acids is 1. The Morgan fingerprint density at radius 1 is 1.40 bits per heavy atom. The number of methoxy groups -OCH3 is 1. The summed E-state index contributed by atoms with van der Waals surface area (Å²) in [6.45, 7) is 4.12. The third-order valence-corrected chi connectivity index (χ3v) is 7.47. The van der Waals surface area contributed by atoms with E-state index in [4.69, 9.17) is 9.47 Å². The van der Waals surface area contributed by atoms with Crippen molar-refractivity contribution in [2.45, 2.75) is 42.9 Å². The molecule has 3 fully saturated rings. The zero-order chi connectivity index (χ0) is 17.0. The first-order chi connectivity index (χ1) is 12.1. The minimum absolute atomic E-state index is 0.0869. The van der Waals surface area contributed by atoms with E-state index in [2.05, 4.69) is 41.4 Å². The number of piperidine rings is 1. The third-order valence-electron chi connectivity index (χ3n) is 7.47. The number of benzene rings is 1. The predicted molar refractivity (Wildman–Crippen MR) is 92.1 cm³/mol. The SMILES string of the molecule is COC(=O)C1=C2Nc3ccccc3[C@@]23CCN2C[C@]4(O[C@H]4C)[C@@H]1C[C@H]23. The summed E-state index contributed by atoms with van der Waals surface area (Å²) in [5.41, 5.74) is 4.12. The van der Waals surface area contributed by atoms with Crippen molar-refractivity contribution in [3.63, 3.8) is 0 Å². The largest absolute Gasteiger partial charge is 0.466 e. The first-order valence-electron chi connectivity index (χ1n) is 9.23. The molecule has 4 aliphatic heterocycles. The summed E-state index contributed by atoms with van der Waals surface area (Å²) in [6.07, 6.45) is 2.23. The second-order valence-electron chi connectivity index (χ2n) is 8.16. The van der Waals surface area contributed by atoms with Crippen molar-refractivity contribution in [2.24, 2.45) is 5.92 Å². The molecule has 5 heteroatoms. The molecule has 5 nitrogen and oxygen atoms in total. The molecule has 0 amide bonds. The number of nitrogens with one attached hydrogen (secondary N) is 1. The molecule has 0 aromatic heterocycles. The number of epoxide rings is 1. The summed E-state index contributed by atoms with van der Waals surface area (Å²) in [4.78, 5) is 15.5. The van der Waals surface area contributed by atoms with Crippen LogP contribution in [-0.4, -0.2) is 48.8 Å². The predicted octanol–water partition coefficient (Wildman–Crippen LogP) is 2.04. The molecule has 130 valence electrons. The Labute approximate surface area is 147 Å². The Morgan fingerprint density at radius 2 is 2.20 bits per heavy atom.